The van der Waals surface area contributed by atoms with Gasteiger partial charge in [-0.05, 0) is 42.2 Å². The molecule has 0 saturated carbocycles. The van der Waals surface area contributed by atoms with Crippen molar-refractivity contribution in [3.8, 4) is 11.1 Å². The number of nitrogens with zero attached hydrogens (tertiary/aromatic N) is 1. The molecule has 1 aliphatic rings. The maximum atomic E-state index is 13.2. The van der Waals surface area contributed by atoms with Gasteiger partial charge in [0.1, 0.15) is 6.04 Å². The number of hydrogen-bond acceptors (Lipinski definition) is 2. The number of aryl methyl sites for hydroxylation is 1. The van der Waals surface area contributed by atoms with Crippen molar-refractivity contribution in [1.29, 1.82) is 0 Å². The van der Waals surface area contributed by atoms with Crippen LogP contribution < -0.4 is 5.56 Å². The maximum Gasteiger partial charge on any atom is 0.326 e. The number of aromatic nitrogens is 1. The summed E-state index contributed by atoms with van der Waals surface area (Å²) in [5, 5.41) is 9.43. The Morgan fingerprint density at radius 3 is 2.70 bits per heavy atom. The van der Waals surface area contributed by atoms with E-state index in [0.29, 0.717) is 24.1 Å². The lowest BCUT2D eigenvalue weighted by atomic mass is 10.00. The number of halogens is 3. The quantitative estimate of drug-likeness (QED) is 0.928. The smallest absolute Gasteiger partial charge is 0.326 e. The van der Waals surface area contributed by atoms with Crippen LogP contribution in [0.5, 0.6) is 0 Å². The lowest BCUT2D eigenvalue weighted by Crippen LogP contribution is -2.27. The van der Waals surface area contributed by atoms with E-state index in [0.717, 1.165) is 0 Å². The van der Waals surface area contributed by atoms with E-state index < -0.39 is 24.0 Å². The fraction of sp³-hybridized carbons (Fsp3) is 0.250. The van der Waals surface area contributed by atoms with Gasteiger partial charge in [0.15, 0.2) is 0 Å². The van der Waals surface area contributed by atoms with Crippen molar-refractivity contribution in [3.05, 3.63) is 57.0 Å². The molecule has 0 aliphatic carbocycles. The number of fused-ring (bicyclic) bond motifs is 1. The molecular formula is C16H12ClF2NO3. The number of benzene rings is 1. The molecular weight excluding hydrogens is 328 g/mol. The van der Waals surface area contributed by atoms with E-state index in [-0.39, 0.29) is 16.1 Å². The van der Waals surface area contributed by atoms with Gasteiger partial charge in [0.05, 0.1) is 0 Å². The number of hydrogen-bond donors (Lipinski definition) is 1. The maximum absolute atomic E-state index is 13.2. The summed E-state index contributed by atoms with van der Waals surface area (Å²) < 4.78 is 27.6. The van der Waals surface area contributed by atoms with Gasteiger partial charge >= 0.3 is 5.97 Å². The van der Waals surface area contributed by atoms with Gasteiger partial charge in [-0.25, -0.2) is 13.6 Å². The molecule has 4 nitrogen and oxygen atoms in total. The zero-order valence-corrected chi connectivity index (χ0v) is 12.6. The molecule has 120 valence electrons. The van der Waals surface area contributed by atoms with Crippen LogP contribution in [0.2, 0.25) is 5.02 Å². The zero-order valence-electron chi connectivity index (χ0n) is 11.8. The Balaban J connectivity index is 2.18. The average molecular weight is 340 g/mol. The molecule has 1 aromatic heterocycles. The minimum Gasteiger partial charge on any atom is -0.480 e. The third kappa shape index (κ3) is 2.74. The van der Waals surface area contributed by atoms with Crippen molar-refractivity contribution in [2.45, 2.75) is 25.3 Å². The number of rotatable bonds is 3. The second-order valence-corrected chi connectivity index (χ2v) is 5.81. The van der Waals surface area contributed by atoms with Gasteiger partial charge in [0.2, 0.25) is 0 Å². The second-order valence-electron chi connectivity index (χ2n) is 5.37. The number of carboxylic acid groups (broad SMARTS) is 1. The highest BCUT2D eigenvalue weighted by Gasteiger charge is 2.29. The molecule has 2 heterocycles. The summed E-state index contributed by atoms with van der Waals surface area (Å²) in [6.45, 7) is 0. The third-order valence-corrected chi connectivity index (χ3v) is 4.22. The minimum absolute atomic E-state index is 0.187. The van der Waals surface area contributed by atoms with Crippen LogP contribution in [0.4, 0.5) is 8.78 Å². The predicted octanol–water partition coefficient (Wildman–Crippen LogP) is 3.68. The van der Waals surface area contributed by atoms with Crippen LogP contribution in [-0.2, 0) is 11.2 Å². The number of carboxylic acids is 1. The van der Waals surface area contributed by atoms with Crippen molar-refractivity contribution >= 4 is 17.6 Å². The first-order chi connectivity index (χ1) is 10.9. The second kappa shape index (κ2) is 5.77. The van der Waals surface area contributed by atoms with Gasteiger partial charge in [0.25, 0.3) is 12.0 Å². The SMILES string of the molecule is O=C(O)[C@@H]1CCc2cc(-c3cc(Cl)ccc3C(F)F)cc(=O)n21. The molecule has 0 bridgehead atoms. The monoisotopic (exact) mass is 339 g/mol. The third-order valence-electron chi connectivity index (χ3n) is 3.98. The molecule has 0 saturated heterocycles. The minimum atomic E-state index is -2.70. The van der Waals surface area contributed by atoms with Crippen molar-refractivity contribution in [3.63, 3.8) is 0 Å². The summed E-state index contributed by atoms with van der Waals surface area (Å²) in [6, 6.07) is 5.85. The molecule has 1 atom stereocenters. The van der Waals surface area contributed by atoms with Gasteiger partial charge < -0.3 is 5.11 Å². The van der Waals surface area contributed by atoms with Crippen LogP contribution in [0.15, 0.2) is 35.1 Å². The van der Waals surface area contributed by atoms with E-state index >= 15 is 0 Å². The highest BCUT2D eigenvalue weighted by molar-refractivity contribution is 6.30. The van der Waals surface area contributed by atoms with Crippen molar-refractivity contribution in [2.75, 3.05) is 0 Å². The Morgan fingerprint density at radius 1 is 1.30 bits per heavy atom. The molecule has 23 heavy (non-hydrogen) atoms. The summed E-state index contributed by atoms with van der Waals surface area (Å²) in [5.41, 5.74) is 0.311. The molecule has 0 spiro atoms. The zero-order chi connectivity index (χ0) is 16.7. The summed E-state index contributed by atoms with van der Waals surface area (Å²) in [7, 11) is 0. The van der Waals surface area contributed by atoms with Crippen LogP contribution in [0.3, 0.4) is 0 Å². The first-order valence-electron chi connectivity index (χ1n) is 6.94. The molecule has 0 fully saturated rings. The van der Waals surface area contributed by atoms with Crippen LogP contribution in [-0.4, -0.2) is 15.6 Å². The Morgan fingerprint density at radius 2 is 2.04 bits per heavy atom. The van der Waals surface area contributed by atoms with Crippen LogP contribution in [0, 0.1) is 0 Å². The van der Waals surface area contributed by atoms with E-state index in [1.165, 1.54) is 28.8 Å². The number of carbonyl (C=O) groups is 1. The molecule has 7 heteroatoms. The van der Waals surface area contributed by atoms with E-state index in [2.05, 4.69) is 0 Å². The highest BCUT2D eigenvalue weighted by Crippen LogP contribution is 2.34. The molecule has 1 N–H and O–H groups in total. The standard InChI is InChI=1S/C16H12ClF2NO3/c17-9-1-3-11(15(18)19)12(7-9)8-5-10-2-4-13(16(22)23)20(10)14(21)6-8/h1,3,5-7,13,15H,2,4H2,(H,22,23)/t13-/m0/s1. The number of pyridine rings is 1. The summed E-state index contributed by atoms with van der Waals surface area (Å²) in [4.78, 5) is 23.4. The fourth-order valence-corrected chi connectivity index (χ4v) is 3.13. The lowest BCUT2D eigenvalue weighted by Gasteiger charge is -2.13. The first-order valence-corrected chi connectivity index (χ1v) is 7.32. The molecule has 3 rings (SSSR count). The highest BCUT2D eigenvalue weighted by atomic mass is 35.5. The molecule has 0 amide bonds. The van der Waals surface area contributed by atoms with Gasteiger partial charge in [-0.1, -0.05) is 17.7 Å². The molecule has 0 unspecified atom stereocenters. The normalized spacial score (nSPS) is 16.6. The Bertz CT molecular complexity index is 848. The van der Waals surface area contributed by atoms with Crippen LogP contribution in [0.1, 0.15) is 30.1 Å². The Hall–Kier alpha value is -2.21. The Kier molecular flexibility index (Phi) is 3.93. The molecule has 1 aromatic carbocycles. The van der Waals surface area contributed by atoms with Crippen LogP contribution in [0.25, 0.3) is 11.1 Å². The largest absolute Gasteiger partial charge is 0.480 e. The lowest BCUT2D eigenvalue weighted by molar-refractivity contribution is -0.140. The number of alkyl halides is 2. The predicted molar refractivity (Wildman–Crippen MR) is 81.1 cm³/mol. The van der Waals surface area contributed by atoms with E-state index in [9.17, 15) is 18.4 Å². The van der Waals surface area contributed by atoms with E-state index in [1.54, 1.807) is 6.07 Å². The number of aliphatic carboxylic acids is 1. The van der Waals surface area contributed by atoms with Gasteiger partial charge in [-0.3, -0.25) is 9.36 Å². The molecule has 2 aromatic rings. The molecule has 0 radical (unpaired) electrons. The van der Waals surface area contributed by atoms with E-state index in [1.807, 2.05) is 0 Å². The fourth-order valence-electron chi connectivity index (χ4n) is 2.95. The van der Waals surface area contributed by atoms with Gasteiger partial charge in [-0.2, -0.15) is 0 Å². The topological polar surface area (TPSA) is 59.3 Å². The summed E-state index contributed by atoms with van der Waals surface area (Å²) >= 11 is 5.89. The average Bonchev–Trinajstić information content (AvgIpc) is 2.91. The Labute approximate surface area is 134 Å². The van der Waals surface area contributed by atoms with Gasteiger partial charge in [0, 0.05) is 22.3 Å². The van der Waals surface area contributed by atoms with Crippen LogP contribution >= 0.6 is 11.6 Å². The van der Waals surface area contributed by atoms with Crippen molar-refractivity contribution in [2.24, 2.45) is 0 Å². The van der Waals surface area contributed by atoms with Gasteiger partial charge in [-0.15, -0.1) is 0 Å². The van der Waals surface area contributed by atoms with Crippen molar-refractivity contribution < 1.29 is 18.7 Å². The summed E-state index contributed by atoms with van der Waals surface area (Å²) in [5.74, 6) is -1.07. The van der Waals surface area contributed by atoms with Crippen molar-refractivity contribution in [1.82, 2.24) is 4.57 Å². The molecule has 1 aliphatic heterocycles. The first kappa shape index (κ1) is 15.7. The summed E-state index contributed by atoms with van der Waals surface area (Å²) in [6.07, 6.45) is -1.99. The van der Waals surface area contributed by atoms with E-state index in [4.69, 9.17) is 16.7 Å².